The van der Waals surface area contributed by atoms with Gasteiger partial charge in [-0.15, -0.1) is 0 Å². The van der Waals surface area contributed by atoms with Crippen molar-refractivity contribution in [3.8, 4) is 55.9 Å². The minimum absolute atomic E-state index is 0.990. The second-order valence-electron chi connectivity index (χ2n) is 13.1. The largest absolute Gasteiger partial charge is 0.253 e. The van der Waals surface area contributed by atoms with E-state index in [1.807, 2.05) is 26.0 Å². The van der Waals surface area contributed by atoms with Crippen LogP contribution in [0.5, 0.6) is 0 Å². The predicted molar refractivity (Wildman–Crippen MR) is 211 cm³/mol. The van der Waals surface area contributed by atoms with Gasteiger partial charge < -0.3 is 0 Å². The number of hydrogen-bond donors (Lipinski definition) is 0. The molecule has 0 unspecified atom stereocenters. The highest BCUT2D eigenvalue weighted by Crippen LogP contribution is 2.45. The average molecular weight is 639 g/mol. The summed E-state index contributed by atoms with van der Waals surface area (Å²) in [4.78, 5) is 9.56. The summed E-state index contributed by atoms with van der Waals surface area (Å²) in [6, 6.07) is 61.4. The molecule has 0 saturated carbocycles. The molecule has 236 valence electrons. The molecule has 0 fully saturated rings. The van der Waals surface area contributed by atoms with Gasteiger partial charge in [-0.1, -0.05) is 133 Å². The van der Waals surface area contributed by atoms with E-state index in [1.54, 1.807) is 0 Å². The van der Waals surface area contributed by atoms with Crippen LogP contribution in [0.3, 0.4) is 0 Å². The van der Waals surface area contributed by atoms with Crippen molar-refractivity contribution in [2.75, 3.05) is 0 Å². The molecular weight excluding hydrogens is 605 g/mol. The molecule has 0 saturated heterocycles. The Morgan fingerprint density at radius 1 is 0.300 bits per heavy atom. The lowest BCUT2D eigenvalue weighted by atomic mass is 9.84. The molecule has 2 nitrogen and oxygen atoms in total. The summed E-state index contributed by atoms with van der Waals surface area (Å²) in [6.45, 7) is 4.08. The van der Waals surface area contributed by atoms with Crippen LogP contribution in [0.1, 0.15) is 11.4 Å². The number of benzene rings is 7. The zero-order valence-corrected chi connectivity index (χ0v) is 28.1. The fourth-order valence-electron chi connectivity index (χ4n) is 7.37. The van der Waals surface area contributed by atoms with E-state index in [0.717, 1.165) is 33.9 Å². The molecule has 0 atom stereocenters. The summed E-state index contributed by atoms with van der Waals surface area (Å²) in [5.74, 6) is 0. The third-order valence-electron chi connectivity index (χ3n) is 9.82. The van der Waals surface area contributed by atoms with E-state index < -0.39 is 0 Å². The van der Waals surface area contributed by atoms with Crippen LogP contribution in [-0.4, -0.2) is 9.97 Å². The predicted octanol–water partition coefficient (Wildman–Crippen LogP) is 12.9. The monoisotopic (exact) mass is 638 g/mol. The van der Waals surface area contributed by atoms with E-state index in [-0.39, 0.29) is 0 Å². The third-order valence-corrected chi connectivity index (χ3v) is 9.82. The van der Waals surface area contributed by atoms with E-state index in [2.05, 4.69) is 158 Å². The molecule has 0 amide bonds. The Kier molecular flexibility index (Phi) is 7.29. The van der Waals surface area contributed by atoms with Gasteiger partial charge in [0, 0.05) is 22.5 Å². The van der Waals surface area contributed by atoms with Crippen molar-refractivity contribution in [3.63, 3.8) is 0 Å². The average Bonchev–Trinajstić information content (AvgIpc) is 3.17. The summed E-state index contributed by atoms with van der Waals surface area (Å²) >= 11 is 0. The van der Waals surface area contributed by atoms with Crippen LogP contribution < -0.4 is 0 Å². The Hall–Kier alpha value is -6.38. The fraction of sp³-hybridized carbons (Fsp3) is 0.0417. The van der Waals surface area contributed by atoms with Gasteiger partial charge in [-0.25, -0.2) is 0 Å². The highest BCUT2D eigenvalue weighted by molar-refractivity contribution is 6.22. The van der Waals surface area contributed by atoms with Gasteiger partial charge in [0.15, 0.2) is 0 Å². The second kappa shape index (κ2) is 12.3. The van der Waals surface area contributed by atoms with Gasteiger partial charge in [0.25, 0.3) is 0 Å². The topological polar surface area (TPSA) is 25.8 Å². The Morgan fingerprint density at radius 2 is 0.740 bits per heavy atom. The number of hydrogen-bond acceptors (Lipinski definition) is 2. The van der Waals surface area contributed by atoms with Gasteiger partial charge in [-0.05, 0) is 116 Å². The lowest BCUT2D eigenvalue weighted by Crippen LogP contribution is -1.93. The molecule has 0 aliphatic heterocycles. The van der Waals surface area contributed by atoms with Gasteiger partial charge in [0.1, 0.15) is 0 Å². The lowest BCUT2D eigenvalue weighted by Gasteiger charge is -2.19. The van der Waals surface area contributed by atoms with E-state index in [0.29, 0.717) is 0 Å². The Bertz CT molecular complexity index is 2700. The van der Waals surface area contributed by atoms with Crippen molar-refractivity contribution < 1.29 is 0 Å². The van der Waals surface area contributed by atoms with Crippen molar-refractivity contribution in [2.45, 2.75) is 13.8 Å². The molecule has 2 aromatic heterocycles. The van der Waals surface area contributed by atoms with E-state index in [1.165, 1.54) is 65.7 Å². The van der Waals surface area contributed by atoms with Crippen LogP contribution in [0.2, 0.25) is 0 Å². The molecule has 2 heteroatoms. The Morgan fingerprint density at radius 3 is 1.32 bits per heavy atom. The molecule has 50 heavy (non-hydrogen) atoms. The van der Waals surface area contributed by atoms with E-state index in [9.17, 15) is 0 Å². The van der Waals surface area contributed by atoms with Crippen LogP contribution >= 0.6 is 0 Å². The fourth-order valence-corrected chi connectivity index (χ4v) is 7.37. The Labute approximate surface area is 292 Å². The SMILES string of the molecule is Cc1cccc(-c2ccc(-c3c4ccccc4c(-c4ccc(-c5cccc(C)n5)cc4)c4cc(-c5ccc6ccccc6c5)ccc34)cc2)n1. The Balaban J connectivity index is 1.28. The van der Waals surface area contributed by atoms with Gasteiger partial charge >= 0.3 is 0 Å². The van der Waals surface area contributed by atoms with Gasteiger partial charge in [0.05, 0.1) is 11.4 Å². The zero-order valence-electron chi connectivity index (χ0n) is 28.1. The molecule has 9 aromatic rings. The standard InChI is InChI=1S/C48H34N2/c1-31-9-7-15-45(49-31)34-18-22-36(23-19-34)47-41-13-5-6-14-42(41)48(37-24-20-35(21-25-37)46-16-8-10-32(2)50-46)44-30-40(27-28-43(44)47)39-26-17-33-11-3-4-12-38(33)29-39/h3-30H,1-2H3. The molecule has 0 aliphatic rings. The van der Waals surface area contributed by atoms with Crippen LogP contribution in [0.4, 0.5) is 0 Å². The molecule has 0 bridgehead atoms. The number of nitrogens with zero attached hydrogens (tertiary/aromatic N) is 2. The van der Waals surface area contributed by atoms with Gasteiger partial charge in [-0.3, -0.25) is 9.97 Å². The van der Waals surface area contributed by atoms with Crippen molar-refractivity contribution in [1.29, 1.82) is 0 Å². The summed E-state index contributed by atoms with van der Waals surface area (Å²) in [5, 5.41) is 7.42. The first-order valence-electron chi connectivity index (χ1n) is 17.2. The molecule has 9 rings (SSSR count). The highest BCUT2D eigenvalue weighted by atomic mass is 14.7. The number of pyridine rings is 2. The minimum Gasteiger partial charge on any atom is -0.253 e. The molecule has 0 spiro atoms. The molecule has 2 heterocycles. The lowest BCUT2D eigenvalue weighted by molar-refractivity contribution is 1.20. The van der Waals surface area contributed by atoms with Crippen LogP contribution in [0.15, 0.2) is 170 Å². The smallest absolute Gasteiger partial charge is 0.0705 e. The molecular formula is C48H34N2. The van der Waals surface area contributed by atoms with E-state index >= 15 is 0 Å². The number of aromatic nitrogens is 2. The van der Waals surface area contributed by atoms with Crippen molar-refractivity contribution in [2.24, 2.45) is 0 Å². The maximum Gasteiger partial charge on any atom is 0.0705 e. The van der Waals surface area contributed by atoms with Gasteiger partial charge in [0.2, 0.25) is 0 Å². The van der Waals surface area contributed by atoms with Crippen molar-refractivity contribution >= 4 is 32.3 Å². The van der Waals surface area contributed by atoms with Crippen LogP contribution in [-0.2, 0) is 0 Å². The summed E-state index contributed by atoms with van der Waals surface area (Å²) < 4.78 is 0. The van der Waals surface area contributed by atoms with Gasteiger partial charge in [-0.2, -0.15) is 0 Å². The summed E-state index contributed by atoms with van der Waals surface area (Å²) in [7, 11) is 0. The first-order chi connectivity index (χ1) is 24.6. The maximum atomic E-state index is 4.78. The van der Waals surface area contributed by atoms with E-state index in [4.69, 9.17) is 9.97 Å². The normalized spacial score (nSPS) is 11.4. The molecule has 0 aliphatic carbocycles. The van der Waals surface area contributed by atoms with Crippen LogP contribution in [0.25, 0.3) is 88.2 Å². The van der Waals surface area contributed by atoms with Crippen molar-refractivity contribution in [3.05, 3.63) is 181 Å². The maximum absolute atomic E-state index is 4.78. The van der Waals surface area contributed by atoms with Crippen LogP contribution in [0, 0.1) is 13.8 Å². The first kappa shape index (κ1) is 29.7. The second-order valence-corrected chi connectivity index (χ2v) is 13.1. The third kappa shape index (κ3) is 5.32. The minimum atomic E-state index is 0.990. The number of aryl methyl sites for hydroxylation is 2. The molecule has 0 N–H and O–H groups in total. The zero-order chi connectivity index (χ0) is 33.6. The number of rotatable bonds is 5. The van der Waals surface area contributed by atoms with Crippen molar-refractivity contribution in [1.82, 2.24) is 9.97 Å². The quantitative estimate of drug-likeness (QED) is 0.175. The molecule has 7 aromatic carbocycles. The summed E-state index contributed by atoms with van der Waals surface area (Å²) in [5.41, 5.74) is 13.5. The molecule has 0 radical (unpaired) electrons. The highest BCUT2D eigenvalue weighted by Gasteiger charge is 2.18. The number of fused-ring (bicyclic) bond motifs is 3. The first-order valence-corrected chi connectivity index (χ1v) is 17.2. The summed E-state index contributed by atoms with van der Waals surface area (Å²) in [6.07, 6.45) is 0.